The van der Waals surface area contributed by atoms with Crippen molar-refractivity contribution in [1.29, 1.82) is 5.41 Å². The lowest BCUT2D eigenvalue weighted by atomic mass is 9.88. The van der Waals surface area contributed by atoms with Crippen LogP contribution in [0.1, 0.15) is 33.1 Å². The van der Waals surface area contributed by atoms with Crippen LogP contribution in [-0.2, 0) is 9.47 Å². The minimum absolute atomic E-state index is 0.225. The number of amidine groups is 1. The molecule has 0 bridgehead atoms. The lowest BCUT2D eigenvalue weighted by molar-refractivity contribution is 0.0123. The molecule has 0 aliphatic carbocycles. The fraction of sp³-hybridized carbons (Fsp3) is 0.909. The summed E-state index contributed by atoms with van der Waals surface area (Å²) in [5.41, 5.74) is 5.22. The van der Waals surface area contributed by atoms with E-state index in [9.17, 15) is 0 Å². The molecule has 1 saturated heterocycles. The Morgan fingerprint density at radius 3 is 2.87 bits per heavy atom. The molecule has 15 heavy (non-hydrogen) atoms. The monoisotopic (exact) mass is 214 g/mol. The smallest absolute Gasteiger partial charge is 0.0963 e. The van der Waals surface area contributed by atoms with Crippen molar-refractivity contribution >= 4 is 5.84 Å². The Balaban J connectivity index is 2.08. The largest absolute Gasteiger partial charge is 0.387 e. The summed E-state index contributed by atoms with van der Waals surface area (Å²) in [6.07, 6.45) is 3.32. The minimum atomic E-state index is -0.253. The molecule has 1 heterocycles. The Morgan fingerprint density at radius 2 is 2.33 bits per heavy atom. The Labute approximate surface area is 91.6 Å². The van der Waals surface area contributed by atoms with Gasteiger partial charge in [0.1, 0.15) is 0 Å². The van der Waals surface area contributed by atoms with E-state index in [4.69, 9.17) is 20.6 Å². The van der Waals surface area contributed by atoms with Crippen molar-refractivity contribution in [3.63, 3.8) is 0 Å². The number of hydrogen-bond acceptors (Lipinski definition) is 3. The topological polar surface area (TPSA) is 68.3 Å². The maximum Gasteiger partial charge on any atom is 0.0963 e. The molecule has 1 fully saturated rings. The zero-order chi connectivity index (χ0) is 11.3. The van der Waals surface area contributed by atoms with Crippen LogP contribution in [0.2, 0.25) is 0 Å². The predicted molar refractivity (Wildman–Crippen MR) is 60.1 cm³/mol. The summed E-state index contributed by atoms with van der Waals surface area (Å²) in [4.78, 5) is 0. The number of ether oxygens (including phenoxy) is 2. The molecule has 0 aromatic heterocycles. The quantitative estimate of drug-likeness (QED) is 0.400. The molecule has 1 unspecified atom stereocenters. The molecular weight excluding hydrogens is 192 g/mol. The zero-order valence-corrected chi connectivity index (χ0v) is 9.71. The van der Waals surface area contributed by atoms with Crippen molar-refractivity contribution in [1.82, 2.24) is 0 Å². The maximum absolute atomic E-state index is 7.40. The van der Waals surface area contributed by atoms with Crippen molar-refractivity contribution in [3.05, 3.63) is 0 Å². The molecule has 0 radical (unpaired) electrons. The third kappa shape index (κ3) is 4.18. The summed E-state index contributed by atoms with van der Waals surface area (Å²) < 4.78 is 11.0. The van der Waals surface area contributed by atoms with Crippen molar-refractivity contribution in [2.24, 2.45) is 11.1 Å². The number of nitrogens with two attached hydrogens (primary N) is 1. The highest BCUT2D eigenvalue weighted by Crippen LogP contribution is 2.20. The standard InChI is InChI=1S/C11H22N2O2/c1-11(2,10(12)13)5-7-14-8-9-4-3-6-15-9/h9H,3-8H2,1-2H3,(H3,12,13). The number of nitrogens with one attached hydrogen (secondary N) is 1. The molecule has 0 spiro atoms. The number of rotatable bonds is 6. The molecule has 1 atom stereocenters. The average molecular weight is 214 g/mol. The first-order chi connectivity index (χ1) is 7.02. The molecule has 4 nitrogen and oxygen atoms in total. The van der Waals surface area contributed by atoms with E-state index in [0.717, 1.165) is 25.9 Å². The van der Waals surface area contributed by atoms with Gasteiger partial charge in [0, 0.05) is 18.6 Å². The van der Waals surface area contributed by atoms with E-state index < -0.39 is 0 Å². The third-order valence-corrected chi connectivity index (χ3v) is 2.93. The Hall–Kier alpha value is -0.610. The van der Waals surface area contributed by atoms with Gasteiger partial charge < -0.3 is 15.2 Å². The highest BCUT2D eigenvalue weighted by molar-refractivity contribution is 5.82. The summed E-state index contributed by atoms with van der Waals surface area (Å²) in [6, 6.07) is 0. The van der Waals surface area contributed by atoms with E-state index in [1.807, 2.05) is 13.8 Å². The first-order valence-electron chi connectivity index (χ1n) is 5.56. The Bertz CT molecular complexity index is 211. The van der Waals surface area contributed by atoms with Gasteiger partial charge in [0.25, 0.3) is 0 Å². The van der Waals surface area contributed by atoms with Gasteiger partial charge in [0.15, 0.2) is 0 Å². The van der Waals surface area contributed by atoms with E-state index in [0.29, 0.717) is 13.2 Å². The molecule has 0 saturated carbocycles. The SMILES string of the molecule is CC(C)(CCOCC1CCCO1)C(=N)N. The minimum Gasteiger partial charge on any atom is -0.387 e. The summed E-state index contributed by atoms with van der Waals surface area (Å²) in [5.74, 6) is 0.225. The summed E-state index contributed by atoms with van der Waals surface area (Å²) in [6.45, 7) is 6.11. The first kappa shape index (κ1) is 12.5. The summed E-state index contributed by atoms with van der Waals surface area (Å²) in [5, 5.41) is 7.40. The third-order valence-electron chi connectivity index (χ3n) is 2.93. The van der Waals surface area contributed by atoms with Crippen LogP contribution in [0.15, 0.2) is 0 Å². The number of hydrogen-bond donors (Lipinski definition) is 2. The van der Waals surface area contributed by atoms with Crippen LogP contribution < -0.4 is 5.73 Å². The molecule has 0 aromatic carbocycles. The van der Waals surface area contributed by atoms with Crippen LogP contribution >= 0.6 is 0 Å². The van der Waals surface area contributed by atoms with Crippen LogP contribution in [0.25, 0.3) is 0 Å². The fourth-order valence-corrected chi connectivity index (χ4v) is 1.45. The predicted octanol–water partition coefficient (Wildman–Crippen LogP) is 1.53. The van der Waals surface area contributed by atoms with Crippen LogP contribution in [0.3, 0.4) is 0 Å². The lowest BCUT2D eigenvalue weighted by Crippen LogP contribution is -2.32. The molecule has 1 rings (SSSR count). The van der Waals surface area contributed by atoms with Gasteiger partial charge in [0.2, 0.25) is 0 Å². The normalized spacial score (nSPS) is 21.9. The van der Waals surface area contributed by atoms with Gasteiger partial charge in [0.05, 0.1) is 18.5 Å². The second-order valence-electron chi connectivity index (χ2n) is 4.76. The van der Waals surface area contributed by atoms with Crippen LogP contribution in [0.4, 0.5) is 0 Å². The van der Waals surface area contributed by atoms with Gasteiger partial charge in [-0.1, -0.05) is 13.8 Å². The van der Waals surface area contributed by atoms with Crippen molar-refractivity contribution < 1.29 is 9.47 Å². The second-order valence-corrected chi connectivity index (χ2v) is 4.76. The highest BCUT2D eigenvalue weighted by atomic mass is 16.5. The molecule has 3 N–H and O–H groups in total. The molecule has 4 heteroatoms. The van der Waals surface area contributed by atoms with Gasteiger partial charge in [-0.15, -0.1) is 0 Å². The summed E-state index contributed by atoms with van der Waals surface area (Å²) >= 11 is 0. The molecule has 88 valence electrons. The fourth-order valence-electron chi connectivity index (χ4n) is 1.45. The van der Waals surface area contributed by atoms with E-state index in [-0.39, 0.29) is 17.4 Å². The van der Waals surface area contributed by atoms with Gasteiger partial charge in [-0.2, -0.15) is 0 Å². The Morgan fingerprint density at radius 1 is 1.60 bits per heavy atom. The van der Waals surface area contributed by atoms with Crippen LogP contribution in [0.5, 0.6) is 0 Å². The van der Waals surface area contributed by atoms with Crippen LogP contribution in [-0.4, -0.2) is 31.8 Å². The molecule has 1 aliphatic heterocycles. The van der Waals surface area contributed by atoms with Crippen molar-refractivity contribution in [3.8, 4) is 0 Å². The van der Waals surface area contributed by atoms with Gasteiger partial charge in [-0.25, -0.2) is 0 Å². The zero-order valence-electron chi connectivity index (χ0n) is 9.71. The van der Waals surface area contributed by atoms with Crippen molar-refractivity contribution in [2.45, 2.75) is 39.2 Å². The van der Waals surface area contributed by atoms with E-state index in [1.54, 1.807) is 0 Å². The van der Waals surface area contributed by atoms with Gasteiger partial charge in [-0.05, 0) is 19.3 Å². The summed E-state index contributed by atoms with van der Waals surface area (Å²) in [7, 11) is 0. The molecular formula is C11H22N2O2. The molecule has 0 aromatic rings. The van der Waals surface area contributed by atoms with E-state index in [2.05, 4.69) is 0 Å². The van der Waals surface area contributed by atoms with Crippen LogP contribution in [0, 0.1) is 10.8 Å². The second kappa shape index (κ2) is 5.47. The average Bonchev–Trinajstić information content (AvgIpc) is 2.64. The highest BCUT2D eigenvalue weighted by Gasteiger charge is 2.21. The van der Waals surface area contributed by atoms with Gasteiger partial charge in [-0.3, -0.25) is 5.41 Å². The Kier molecular flexibility index (Phi) is 4.54. The van der Waals surface area contributed by atoms with E-state index in [1.165, 1.54) is 0 Å². The maximum atomic E-state index is 7.40. The molecule has 1 aliphatic rings. The lowest BCUT2D eigenvalue weighted by Gasteiger charge is -2.22. The van der Waals surface area contributed by atoms with E-state index >= 15 is 0 Å². The van der Waals surface area contributed by atoms with Gasteiger partial charge >= 0.3 is 0 Å². The van der Waals surface area contributed by atoms with Crippen molar-refractivity contribution in [2.75, 3.05) is 19.8 Å². The molecule has 0 amide bonds. The first-order valence-corrected chi connectivity index (χ1v) is 5.56.